The van der Waals surface area contributed by atoms with Gasteiger partial charge in [-0.3, -0.25) is 5.10 Å². The Morgan fingerprint density at radius 2 is 2.05 bits per heavy atom. The van der Waals surface area contributed by atoms with Gasteiger partial charge >= 0.3 is 0 Å². The molecule has 8 heteroatoms. The van der Waals surface area contributed by atoms with Crippen molar-refractivity contribution in [3.8, 4) is 11.1 Å². The van der Waals surface area contributed by atoms with Gasteiger partial charge in [0.2, 0.25) is 0 Å². The number of aromatic nitrogens is 2. The third-order valence-electron chi connectivity index (χ3n) is 2.48. The van der Waals surface area contributed by atoms with Crippen molar-refractivity contribution in [1.29, 1.82) is 0 Å². The summed E-state index contributed by atoms with van der Waals surface area (Å²) in [6.07, 6.45) is 1.14. The van der Waals surface area contributed by atoms with E-state index >= 15 is 0 Å². The first-order valence-corrected chi connectivity index (χ1v) is 8.05. The first-order valence-electron chi connectivity index (χ1n) is 5.24. The van der Waals surface area contributed by atoms with E-state index in [1.807, 2.05) is 0 Å². The van der Waals surface area contributed by atoms with E-state index in [0.717, 1.165) is 6.26 Å². The Labute approximate surface area is 120 Å². The second-order valence-electron chi connectivity index (χ2n) is 4.16. The third-order valence-corrected chi connectivity index (χ3v) is 3.84. The number of anilines is 1. The molecule has 0 radical (unpaired) electrons. The van der Waals surface area contributed by atoms with Crippen molar-refractivity contribution < 1.29 is 8.42 Å². The zero-order valence-electron chi connectivity index (χ0n) is 9.94. The van der Waals surface area contributed by atoms with Gasteiger partial charge in [-0.05, 0) is 12.1 Å². The summed E-state index contributed by atoms with van der Waals surface area (Å²) in [6.45, 7) is 0. The average molecular weight is 320 g/mol. The quantitative estimate of drug-likeness (QED) is 0.909. The average Bonchev–Trinajstić information content (AvgIpc) is 2.58. The smallest absolute Gasteiger partial charge is 0.153 e. The third kappa shape index (κ3) is 3.20. The van der Waals surface area contributed by atoms with Gasteiger partial charge in [-0.25, -0.2) is 8.42 Å². The highest BCUT2D eigenvalue weighted by molar-refractivity contribution is 7.89. The van der Waals surface area contributed by atoms with Gasteiger partial charge < -0.3 is 5.73 Å². The van der Waals surface area contributed by atoms with Crippen molar-refractivity contribution in [1.82, 2.24) is 10.2 Å². The highest BCUT2D eigenvalue weighted by Crippen LogP contribution is 2.35. The lowest BCUT2D eigenvalue weighted by Crippen LogP contribution is -2.02. The minimum absolute atomic E-state index is 0.189. The molecule has 5 nitrogen and oxygen atoms in total. The van der Waals surface area contributed by atoms with Crippen LogP contribution in [0.25, 0.3) is 11.1 Å². The molecule has 0 bridgehead atoms. The van der Waals surface area contributed by atoms with Crippen LogP contribution >= 0.6 is 23.2 Å². The molecule has 3 N–H and O–H groups in total. The lowest BCUT2D eigenvalue weighted by Gasteiger charge is -2.06. The van der Waals surface area contributed by atoms with Crippen LogP contribution in [-0.2, 0) is 15.6 Å². The van der Waals surface area contributed by atoms with Gasteiger partial charge in [0.15, 0.2) is 15.7 Å². The van der Waals surface area contributed by atoms with Crippen molar-refractivity contribution >= 4 is 38.9 Å². The second kappa shape index (κ2) is 5.03. The van der Waals surface area contributed by atoms with Crippen LogP contribution in [0.5, 0.6) is 0 Å². The summed E-state index contributed by atoms with van der Waals surface area (Å²) in [4.78, 5) is 0. The number of nitrogens with zero attached hydrogens (tertiary/aromatic N) is 1. The molecule has 19 heavy (non-hydrogen) atoms. The fourth-order valence-corrected chi connectivity index (χ4v) is 2.99. The molecule has 0 saturated heterocycles. The Kier molecular flexibility index (Phi) is 3.75. The fourth-order valence-electron chi connectivity index (χ4n) is 1.75. The van der Waals surface area contributed by atoms with Crippen LogP contribution < -0.4 is 5.73 Å². The lowest BCUT2D eigenvalue weighted by atomic mass is 10.1. The zero-order valence-corrected chi connectivity index (χ0v) is 12.3. The number of hydrogen-bond donors (Lipinski definition) is 2. The van der Waals surface area contributed by atoms with Gasteiger partial charge in [0.25, 0.3) is 0 Å². The maximum Gasteiger partial charge on any atom is 0.153 e. The summed E-state index contributed by atoms with van der Waals surface area (Å²) in [7, 11) is -3.21. The molecule has 0 aliphatic heterocycles. The summed E-state index contributed by atoms with van der Waals surface area (Å²) in [6, 6.07) is 4.90. The molecule has 1 aromatic carbocycles. The molecule has 0 atom stereocenters. The molecule has 0 spiro atoms. The van der Waals surface area contributed by atoms with Crippen molar-refractivity contribution in [3.63, 3.8) is 0 Å². The van der Waals surface area contributed by atoms with E-state index in [4.69, 9.17) is 28.9 Å². The molecule has 0 unspecified atom stereocenters. The lowest BCUT2D eigenvalue weighted by molar-refractivity contribution is 0.600. The van der Waals surface area contributed by atoms with Crippen molar-refractivity contribution in [3.05, 3.63) is 33.9 Å². The normalized spacial score (nSPS) is 11.7. The maximum absolute atomic E-state index is 11.4. The number of rotatable bonds is 3. The molecular weight excluding hydrogens is 309 g/mol. The first kappa shape index (κ1) is 14.2. The number of nitrogens with two attached hydrogens (primary N) is 1. The van der Waals surface area contributed by atoms with E-state index in [1.54, 1.807) is 18.2 Å². The Balaban J connectivity index is 2.58. The summed E-state index contributed by atoms with van der Waals surface area (Å²) < 4.78 is 22.8. The van der Waals surface area contributed by atoms with Crippen LogP contribution in [0.3, 0.4) is 0 Å². The van der Waals surface area contributed by atoms with Crippen LogP contribution in [0.2, 0.25) is 10.0 Å². The van der Waals surface area contributed by atoms with Crippen LogP contribution in [0.4, 0.5) is 5.82 Å². The predicted octanol–water partition coefficient (Wildman–Crippen LogP) is 2.51. The molecular formula is C11H11Cl2N3O2S. The molecule has 1 heterocycles. The highest BCUT2D eigenvalue weighted by atomic mass is 35.5. The highest BCUT2D eigenvalue weighted by Gasteiger charge is 2.19. The van der Waals surface area contributed by atoms with Gasteiger partial charge in [0.1, 0.15) is 0 Å². The molecule has 2 rings (SSSR count). The van der Waals surface area contributed by atoms with Gasteiger partial charge in [0.05, 0.1) is 16.5 Å². The SMILES string of the molecule is CS(=O)(=O)Cc1[nH]nc(N)c1-c1ccc(Cl)cc1Cl. The summed E-state index contributed by atoms with van der Waals surface area (Å²) in [5.41, 5.74) is 7.26. The fraction of sp³-hybridized carbons (Fsp3) is 0.182. The standard InChI is InChI=1S/C11H11Cl2N3O2S/c1-19(17,18)5-9-10(11(14)16-15-9)7-3-2-6(12)4-8(7)13/h2-4H,5H2,1H3,(H3,14,15,16). The number of halogens is 2. The Morgan fingerprint density at radius 3 is 2.63 bits per heavy atom. The molecule has 0 aliphatic carbocycles. The van der Waals surface area contributed by atoms with Gasteiger partial charge in [-0.1, -0.05) is 29.3 Å². The number of sulfone groups is 1. The number of aromatic amines is 1. The zero-order chi connectivity index (χ0) is 14.2. The van der Waals surface area contributed by atoms with Crippen LogP contribution in [-0.4, -0.2) is 24.9 Å². The van der Waals surface area contributed by atoms with E-state index in [-0.39, 0.29) is 11.6 Å². The molecule has 1 aromatic heterocycles. The summed E-state index contributed by atoms with van der Waals surface area (Å²) in [5.74, 6) is 0.00810. The first-order chi connectivity index (χ1) is 8.78. The Hall–Kier alpha value is -1.24. The van der Waals surface area contributed by atoms with E-state index < -0.39 is 9.84 Å². The largest absolute Gasteiger partial charge is 0.382 e. The van der Waals surface area contributed by atoms with Crippen LogP contribution in [0.1, 0.15) is 5.69 Å². The predicted molar refractivity (Wildman–Crippen MR) is 77.0 cm³/mol. The molecule has 102 valence electrons. The van der Waals surface area contributed by atoms with E-state index in [9.17, 15) is 8.42 Å². The van der Waals surface area contributed by atoms with Gasteiger partial charge in [-0.15, -0.1) is 0 Å². The van der Waals surface area contributed by atoms with Crippen molar-refractivity contribution in [2.24, 2.45) is 0 Å². The molecule has 0 saturated carbocycles. The van der Waals surface area contributed by atoms with Gasteiger partial charge in [-0.2, -0.15) is 5.10 Å². The van der Waals surface area contributed by atoms with E-state index in [2.05, 4.69) is 10.2 Å². The number of hydrogen-bond acceptors (Lipinski definition) is 4. The van der Waals surface area contributed by atoms with E-state index in [0.29, 0.717) is 26.9 Å². The van der Waals surface area contributed by atoms with Crippen LogP contribution in [0, 0.1) is 0 Å². The minimum Gasteiger partial charge on any atom is -0.382 e. The minimum atomic E-state index is -3.21. The number of nitrogens with one attached hydrogen (secondary N) is 1. The number of H-pyrrole nitrogens is 1. The van der Waals surface area contributed by atoms with Crippen molar-refractivity contribution in [2.45, 2.75) is 5.75 Å². The van der Waals surface area contributed by atoms with Crippen molar-refractivity contribution in [2.75, 3.05) is 12.0 Å². The molecule has 0 amide bonds. The topological polar surface area (TPSA) is 88.8 Å². The Bertz CT molecular complexity index is 726. The Morgan fingerprint density at radius 1 is 1.37 bits per heavy atom. The second-order valence-corrected chi connectivity index (χ2v) is 7.14. The summed E-state index contributed by atoms with van der Waals surface area (Å²) in [5, 5.41) is 7.33. The summed E-state index contributed by atoms with van der Waals surface area (Å²) >= 11 is 11.9. The van der Waals surface area contributed by atoms with E-state index in [1.165, 1.54) is 0 Å². The van der Waals surface area contributed by atoms with Crippen LogP contribution in [0.15, 0.2) is 18.2 Å². The number of nitrogen functional groups attached to an aromatic ring is 1. The molecule has 0 fully saturated rings. The number of benzene rings is 1. The maximum atomic E-state index is 11.4. The monoisotopic (exact) mass is 319 g/mol. The van der Waals surface area contributed by atoms with Gasteiger partial charge in [0, 0.05) is 22.4 Å². The molecule has 2 aromatic rings. The molecule has 0 aliphatic rings.